The number of Topliss-reactive ketones (excluding diaryl/α,β-unsaturated/α-hetero) is 1. The largest absolute Gasteiger partial charge is 0.413 e. The zero-order valence-corrected chi connectivity index (χ0v) is 14.6. The van der Waals surface area contributed by atoms with E-state index in [2.05, 4.69) is 39.8 Å². The van der Waals surface area contributed by atoms with Gasteiger partial charge in [0.15, 0.2) is 8.32 Å². The summed E-state index contributed by atoms with van der Waals surface area (Å²) in [5.74, 6) is 3.46. The average molecular weight is 292 g/mol. The molecule has 0 aromatic rings. The van der Waals surface area contributed by atoms with Crippen molar-refractivity contribution in [3.8, 4) is 12.3 Å². The Bertz CT molecular complexity index is 441. The Hall–Kier alpha value is -0.593. The molecule has 2 bridgehead atoms. The molecular formula is C17H28O2Si. The molecule has 3 saturated carbocycles. The van der Waals surface area contributed by atoms with Gasteiger partial charge in [-0.15, -0.1) is 12.3 Å². The maximum Gasteiger partial charge on any atom is 0.192 e. The molecule has 3 heteroatoms. The standard InChI is InChI=1S/C17H28O2Si/c1-7-9-17-10-8-13(14(18)12-17)11-15(17)19-20(5,6)16(2,3)4/h1,13,15H,8-12H2,2-6H3. The number of rotatable bonds is 3. The van der Waals surface area contributed by atoms with Crippen LogP contribution in [-0.4, -0.2) is 20.2 Å². The number of hydrogen-bond acceptors (Lipinski definition) is 2. The van der Waals surface area contributed by atoms with Gasteiger partial charge in [-0.05, 0) is 37.4 Å². The van der Waals surface area contributed by atoms with Crippen LogP contribution in [0.3, 0.4) is 0 Å². The van der Waals surface area contributed by atoms with Crippen LogP contribution in [0.25, 0.3) is 0 Å². The summed E-state index contributed by atoms with van der Waals surface area (Å²) in [7, 11) is -1.81. The lowest BCUT2D eigenvalue weighted by Crippen LogP contribution is -2.56. The van der Waals surface area contributed by atoms with Crippen molar-refractivity contribution < 1.29 is 9.22 Å². The van der Waals surface area contributed by atoms with E-state index in [4.69, 9.17) is 10.8 Å². The van der Waals surface area contributed by atoms with E-state index in [1.54, 1.807) is 0 Å². The lowest BCUT2D eigenvalue weighted by atomic mass is 9.57. The fraction of sp³-hybridized carbons (Fsp3) is 0.824. The molecule has 0 spiro atoms. The van der Waals surface area contributed by atoms with Gasteiger partial charge in [-0.3, -0.25) is 4.79 Å². The minimum absolute atomic E-state index is 0.0733. The van der Waals surface area contributed by atoms with Gasteiger partial charge in [0.2, 0.25) is 0 Å². The highest BCUT2D eigenvalue weighted by Gasteiger charge is 2.54. The fourth-order valence-corrected chi connectivity index (χ4v) is 4.82. The quantitative estimate of drug-likeness (QED) is 0.577. The second-order valence-corrected chi connectivity index (χ2v) is 13.0. The van der Waals surface area contributed by atoms with Crippen LogP contribution in [0.5, 0.6) is 0 Å². The molecule has 112 valence electrons. The van der Waals surface area contributed by atoms with Crippen molar-refractivity contribution in [2.45, 2.75) is 77.1 Å². The highest BCUT2D eigenvalue weighted by molar-refractivity contribution is 6.74. The summed E-state index contributed by atoms with van der Waals surface area (Å²) < 4.78 is 6.67. The third-order valence-corrected chi connectivity index (χ3v) is 10.3. The Morgan fingerprint density at radius 1 is 1.45 bits per heavy atom. The van der Waals surface area contributed by atoms with E-state index in [0.717, 1.165) is 19.3 Å². The minimum atomic E-state index is -1.81. The molecule has 3 aliphatic carbocycles. The van der Waals surface area contributed by atoms with Gasteiger partial charge >= 0.3 is 0 Å². The smallest absolute Gasteiger partial charge is 0.192 e. The summed E-state index contributed by atoms with van der Waals surface area (Å²) in [6.45, 7) is 11.4. The van der Waals surface area contributed by atoms with Gasteiger partial charge in [-0.2, -0.15) is 0 Å². The first-order valence-electron chi connectivity index (χ1n) is 7.75. The molecule has 3 fully saturated rings. The van der Waals surface area contributed by atoms with Crippen molar-refractivity contribution >= 4 is 14.1 Å². The summed E-state index contributed by atoms with van der Waals surface area (Å²) in [4.78, 5) is 12.1. The zero-order chi connectivity index (χ0) is 15.2. The molecule has 0 amide bonds. The number of terminal acetylenes is 1. The minimum Gasteiger partial charge on any atom is -0.413 e. The maximum absolute atomic E-state index is 12.1. The van der Waals surface area contributed by atoms with Gasteiger partial charge in [0, 0.05) is 24.2 Å². The Morgan fingerprint density at radius 3 is 2.60 bits per heavy atom. The molecule has 0 aromatic heterocycles. The van der Waals surface area contributed by atoms with Crippen molar-refractivity contribution in [3.63, 3.8) is 0 Å². The van der Waals surface area contributed by atoms with Gasteiger partial charge in [0.1, 0.15) is 5.78 Å². The predicted molar refractivity (Wildman–Crippen MR) is 84.9 cm³/mol. The Labute approximate surface area is 124 Å². The molecule has 0 N–H and O–H groups in total. The highest BCUT2D eigenvalue weighted by Crippen LogP contribution is 2.53. The fourth-order valence-electron chi connectivity index (χ4n) is 3.41. The average Bonchev–Trinajstić information content (AvgIpc) is 2.29. The highest BCUT2D eigenvalue weighted by atomic mass is 28.4. The molecule has 0 saturated heterocycles. The zero-order valence-electron chi connectivity index (χ0n) is 13.6. The molecule has 0 aliphatic heterocycles. The summed E-state index contributed by atoms with van der Waals surface area (Å²) in [6.07, 6.45) is 10.1. The second kappa shape index (κ2) is 5.00. The van der Waals surface area contributed by atoms with Crippen LogP contribution in [0.15, 0.2) is 0 Å². The number of fused-ring (bicyclic) bond motifs is 3. The topological polar surface area (TPSA) is 26.3 Å². The lowest BCUT2D eigenvalue weighted by molar-refractivity contribution is -0.143. The van der Waals surface area contributed by atoms with E-state index in [9.17, 15) is 4.79 Å². The molecule has 0 heterocycles. The van der Waals surface area contributed by atoms with Crippen LogP contribution in [0.4, 0.5) is 0 Å². The van der Waals surface area contributed by atoms with Crippen LogP contribution in [0, 0.1) is 23.7 Å². The van der Waals surface area contributed by atoms with Crippen LogP contribution < -0.4 is 0 Å². The number of hydrogen-bond donors (Lipinski definition) is 0. The molecule has 0 radical (unpaired) electrons. The summed E-state index contributed by atoms with van der Waals surface area (Å²) in [5, 5.41) is 0.199. The molecule has 3 atom stereocenters. The molecule has 2 nitrogen and oxygen atoms in total. The normalized spacial score (nSPS) is 34.1. The van der Waals surface area contributed by atoms with Crippen LogP contribution in [-0.2, 0) is 9.22 Å². The molecule has 3 rings (SSSR count). The van der Waals surface area contributed by atoms with Crippen LogP contribution >= 0.6 is 0 Å². The number of ketones is 1. The van der Waals surface area contributed by atoms with Crippen LogP contribution in [0.1, 0.15) is 52.9 Å². The van der Waals surface area contributed by atoms with E-state index >= 15 is 0 Å². The monoisotopic (exact) mass is 292 g/mol. The number of carbonyl (C=O) groups excluding carboxylic acids is 1. The third kappa shape index (κ3) is 2.61. The summed E-state index contributed by atoms with van der Waals surface area (Å²) in [6, 6.07) is 0. The van der Waals surface area contributed by atoms with Crippen molar-refractivity contribution in [2.24, 2.45) is 11.3 Å². The first kappa shape index (κ1) is 15.8. The lowest BCUT2D eigenvalue weighted by Gasteiger charge is -2.53. The Balaban J connectivity index is 2.23. The van der Waals surface area contributed by atoms with E-state index in [1.165, 1.54) is 0 Å². The summed E-state index contributed by atoms with van der Waals surface area (Å²) >= 11 is 0. The van der Waals surface area contributed by atoms with E-state index < -0.39 is 8.32 Å². The van der Waals surface area contributed by atoms with Crippen molar-refractivity contribution in [3.05, 3.63) is 0 Å². The predicted octanol–water partition coefficient (Wildman–Crippen LogP) is 4.16. The van der Waals surface area contributed by atoms with Gasteiger partial charge < -0.3 is 4.43 Å². The molecule has 3 aliphatic rings. The van der Waals surface area contributed by atoms with Gasteiger partial charge in [-0.25, -0.2) is 0 Å². The van der Waals surface area contributed by atoms with Crippen LogP contribution in [0.2, 0.25) is 18.1 Å². The first-order chi connectivity index (χ1) is 9.11. The number of carbonyl (C=O) groups is 1. The van der Waals surface area contributed by atoms with E-state index in [0.29, 0.717) is 18.6 Å². The van der Waals surface area contributed by atoms with Crippen molar-refractivity contribution in [1.82, 2.24) is 0 Å². The molecule has 3 unspecified atom stereocenters. The molecule has 20 heavy (non-hydrogen) atoms. The van der Waals surface area contributed by atoms with Gasteiger partial charge in [0.25, 0.3) is 0 Å². The molecule has 0 aromatic carbocycles. The van der Waals surface area contributed by atoms with E-state index in [1.807, 2.05) is 0 Å². The Morgan fingerprint density at radius 2 is 2.10 bits per heavy atom. The summed E-state index contributed by atoms with van der Waals surface area (Å²) in [5.41, 5.74) is -0.0733. The van der Waals surface area contributed by atoms with Gasteiger partial charge in [-0.1, -0.05) is 20.8 Å². The van der Waals surface area contributed by atoms with Crippen molar-refractivity contribution in [1.29, 1.82) is 0 Å². The van der Waals surface area contributed by atoms with Gasteiger partial charge in [0.05, 0.1) is 6.10 Å². The SMILES string of the molecule is C#CCC12CCC(CC1O[Si](C)(C)C(C)(C)C)C(=O)C2. The Kier molecular flexibility index (Phi) is 3.95. The maximum atomic E-state index is 12.1. The second-order valence-electron chi connectivity index (χ2n) is 8.22. The third-order valence-electron chi connectivity index (χ3n) is 5.85. The first-order valence-corrected chi connectivity index (χ1v) is 10.7. The molecular weight excluding hydrogens is 264 g/mol. The van der Waals surface area contributed by atoms with Crippen molar-refractivity contribution in [2.75, 3.05) is 0 Å². The van der Waals surface area contributed by atoms with E-state index in [-0.39, 0.29) is 22.5 Å².